The lowest BCUT2D eigenvalue weighted by atomic mass is 10.1. The van der Waals surface area contributed by atoms with Crippen molar-refractivity contribution >= 4 is 32.3 Å². The first kappa shape index (κ1) is 16.1. The highest BCUT2D eigenvalue weighted by Gasteiger charge is 2.38. The van der Waals surface area contributed by atoms with Gasteiger partial charge in [-0.3, -0.25) is 4.79 Å². The predicted molar refractivity (Wildman–Crippen MR) is 82.8 cm³/mol. The van der Waals surface area contributed by atoms with Crippen molar-refractivity contribution in [1.29, 1.82) is 0 Å². The van der Waals surface area contributed by atoms with Crippen LogP contribution in [0.25, 0.3) is 5.53 Å². The number of carbonyl (C=O) groups excluding carboxylic acids is 1. The van der Waals surface area contributed by atoms with Gasteiger partial charge in [-0.2, -0.15) is 0 Å². The zero-order chi connectivity index (χ0) is 16.3. The van der Waals surface area contributed by atoms with Gasteiger partial charge in [-0.15, -0.1) is 4.79 Å². The fourth-order valence-corrected chi connectivity index (χ4v) is 3.55. The molecule has 0 saturated heterocycles. The molecule has 0 unspecified atom stereocenters. The number of Topliss-reactive ketones (excluding diaryl/α,β-unsaturated/α-hetero) is 1. The average molecular weight is 335 g/mol. The van der Waals surface area contributed by atoms with Crippen molar-refractivity contribution in [2.24, 2.45) is 0 Å². The number of halogens is 1. The second-order valence-electron chi connectivity index (χ2n) is 4.51. The molecule has 0 radical (unpaired) electrons. The molecule has 2 aromatic rings. The third-order valence-electron chi connectivity index (χ3n) is 3.01. The van der Waals surface area contributed by atoms with E-state index in [1.807, 2.05) is 0 Å². The highest BCUT2D eigenvalue weighted by molar-refractivity contribution is 8.08. The van der Waals surface area contributed by atoms with Crippen LogP contribution in [-0.2, 0) is 9.84 Å². The first-order valence-corrected chi connectivity index (χ1v) is 8.07. The summed E-state index contributed by atoms with van der Waals surface area (Å²) >= 11 is 5.79. The zero-order valence-corrected chi connectivity index (χ0v) is 13.1. The maximum atomic E-state index is 12.5. The Balaban J connectivity index is 2.56. The molecule has 0 atom stereocenters. The molecular formula is C15H11ClN2O3S. The number of nitrogens with zero attached hydrogens (tertiary/aromatic N) is 2. The average Bonchev–Trinajstić information content (AvgIpc) is 2.47. The molecule has 0 bridgehead atoms. The third kappa shape index (κ3) is 2.99. The van der Waals surface area contributed by atoms with Crippen molar-refractivity contribution in [2.75, 3.05) is 0 Å². The van der Waals surface area contributed by atoms with Gasteiger partial charge in [0.2, 0.25) is 0 Å². The lowest BCUT2D eigenvalue weighted by Gasteiger charge is -2.03. The Morgan fingerprint density at radius 3 is 2.41 bits per heavy atom. The van der Waals surface area contributed by atoms with Gasteiger partial charge in [0, 0.05) is 10.6 Å². The van der Waals surface area contributed by atoms with Gasteiger partial charge in [-0.25, -0.2) is 8.42 Å². The number of hydrogen-bond acceptors (Lipinski definition) is 3. The number of aryl methyl sites for hydroxylation is 1. The monoisotopic (exact) mass is 334 g/mol. The van der Waals surface area contributed by atoms with Gasteiger partial charge < -0.3 is 5.53 Å². The molecule has 112 valence electrons. The highest BCUT2D eigenvalue weighted by atomic mass is 35.5. The van der Waals surface area contributed by atoms with Gasteiger partial charge in [-0.1, -0.05) is 41.9 Å². The summed E-state index contributed by atoms with van der Waals surface area (Å²) in [5, 5.41) is -0.666. The molecule has 0 N–H and O–H groups in total. The first-order valence-electron chi connectivity index (χ1n) is 6.21. The molecule has 0 spiro atoms. The minimum Gasteiger partial charge on any atom is -0.360 e. The quantitative estimate of drug-likeness (QED) is 0.284. The number of rotatable bonds is 3. The van der Waals surface area contributed by atoms with Crippen molar-refractivity contribution in [3.05, 3.63) is 70.2 Å². The van der Waals surface area contributed by atoms with Crippen LogP contribution in [-0.4, -0.2) is 24.0 Å². The second kappa shape index (κ2) is 6.23. The molecule has 2 rings (SSSR count). The largest absolute Gasteiger partial charge is 0.456 e. The van der Waals surface area contributed by atoms with E-state index in [0.29, 0.717) is 5.56 Å². The molecule has 0 heterocycles. The Morgan fingerprint density at radius 1 is 1.14 bits per heavy atom. The van der Waals surface area contributed by atoms with Crippen molar-refractivity contribution in [3.8, 4) is 0 Å². The Hall–Kier alpha value is -2.27. The van der Waals surface area contributed by atoms with E-state index in [2.05, 4.69) is 4.79 Å². The molecule has 0 aliphatic rings. The van der Waals surface area contributed by atoms with Crippen LogP contribution in [0.3, 0.4) is 0 Å². The fourth-order valence-electron chi connectivity index (χ4n) is 1.94. The van der Waals surface area contributed by atoms with Crippen LogP contribution in [0, 0.1) is 6.92 Å². The normalized spacial score (nSPS) is 10.8. The Bertz CT molecular complexity index is 901. The molecule has 5 nitrogen and oxygen atoms in total. The van der Waals surface area contributed by atoms with Crippen LogP contribution < -0.4 is 0 Å². The summed E-state index contributed by atoms with van der Waals surface area (Å²) in [6.45, 7) is 1.59. The van der Waals surface area contributed by atoms with Crippen molar-refractivity contribution in [3.63, 3.8) is 0 Å². The van der Waals surface area contributed by atoms with Crippen LogP contribution in [0.4, 0.5) is 0 Å². The summed E-state index contributed by atoms with van der Waals surface area (Å²) in [7, 11) is -4.23. The lowest BCUT2D eigenvalue weighted by molar-refractivity contribution is -0.00158. The third-order valence-corrected chi connectivity index (χ3v) is 5.06. The smallest absolute Gasteiger partial charge is 0.360 e. The minimum absolute atomic E-state index is 0.0254. The fraction of sp³-hybridized carbons (Fsp3) is 0.0667. The molecule has 0 amide bonds. The first-order chi connectivity index (χ1) is 10.4. The number of hydrogen-bond donors (Lipinski definition) is 0. The Labute approximate surface area is 132 Å². The summed E-state index contributed by atoms with van der Waals surface area (Å²) in [5.74, 6) is -0.923. The number of carbonyl (C=O) groups is 1. The Morgan fingerprint density at radius 2 is 1.82 bits per heavy atom. The Kier molecular flexibility index (Phi) is 4.56. The maximum absolute atomic E-state index is 12.5. The number of ketones is 1. The molecule has 0 fully saturated rings. The highest BCUT2D eigenvalue weighted by Crippen LogP contribution is 2.19. The zero-order valence-electron chi connectivity index (χ0n) is 11.5. The van der Waals surface area contributed by atoms with Gasteiger partial charge in [0.05, 0.1) is 4.90 Å². The lowest BCUT2D eigenvalue weighted by Crippen LogP contribution is -2.26. The molecule has 22 heavy (non-hydrogen) atoms. The van der Waals surface area contributed by atoms with E-state index >= 15 is 0 Å². The summed E-state index contributed by atoms with van der Waals surface area (Å²) in [6, 6.07) is 11.9. The predicted octanol–water partition coefficient (Wildman–Crippen LogP) is 2.93. The van der Waals surface area contributed by atoms with Crippen molar-refractivity contribution in [2.45, 2.75) is 11.8 Å². The van der Waals surface area contributed by atoms with Crippen LogP contribution in [0.2, 0.25) is 5.02 Å². The van der Waals surface area contributed by atoms with Crippen molar-refractivity contribution in [1.82, 2.24) is 0 Å². The van der Waals surface area contributed by atoms with E-state index in [1.165, 1.54) is 30.3 Å². The summed E-state index contributed by atoms with van der Waals surface area (Å²) in [5.41, 5.74) is 9.54. The summed E-state index contributed by atoms with van der Waals surface area (Å²) in [6.07, 6.45) is 0. The minimum atomic E-state index is -4.23. The summed E-state index contributed by atoms with van der Waals surface area (Å²) < 4.78 is 25.1. The van der Waals surface area contributed by atoms with Gasteiger partial charge >= 0.3 is 5.04 Å². The molecule has 2 aromatic carbocycles. The van der Waals surface area contributed by atoms with Crippen molar-refractivity contribution < 1.29 is 18.0 Å². The van der Waals surface area contributed by atoms with Crippen LogP contribution in [0.1, 0.15) is 15.9 Å². The van der Waals surface area contributed by atoms with Gasteiger partial charge in [0.25, 0.3) is 15.6 Å². The van der Waals surface area contributed by atoms with E-state index in [0.717, 1.165) is 0 Å². The van der Waals surface area contributed by atoms with Gasteiger partial charge in [-0.05, 0) is 30.7 Å². The SMILES string of the molecule is Cc1ccccc1S(=O)(=O)C(=[N+]=[N-])C(=O)c1cccc(Cl)c1. The van der Waals surface area contributed by atoms with E-state index in [9.17, 15) is 13.2 Å². The number of benzene rings is 2. The van der Waals surface area contributed by atoms with E-state index < -0.39 is 20.7 Å². The van der Waals surface area contributed by atoms with Crippen LogP contribution in [0.5, 0.6) is 0 Å². The number of sulfone groups is 1. The standard InChI is InChI=1S/C15H11ClN2O3S/c1-10-5-2-3-8-13(10)22(20,21)15(18-17)14(19)11-6-4-7-12(16)9-11/h2-9H,1H3. The van der Waals surface area contributed by atoms with E-state index in [1.54, 1.807) is 25.1 Å². The molecule has 0 aliphatic heterocycles. The second-order valence-corrected chi connectivity index (χ2v) is 6.78. The molecular weight excluding hydrogens is 324 g/mol. The maximum Gasteiger partial charge on any atom is 0.456 e. The molecule has 7 heteroatoms. The van der Waals surface area contributed by atoms with E-state index in [4.69, 9.17) is 17.1 Å². The molecule has 0 aliphatic carbocycles. The summed E-state index contributed by atoms with van der Waals surface area (Å²) in [4.78, 5) is 15.0. The van der Waals surface area contributed by atoms with Gasteiger partial charge in [0.1, 0.15) is 0 Å². The topological polar surface area (TPSA) is 87.6 Å². The van der Waals surface area contributed by atoms with Gasteiger partial charge in [0.15, 0.2) is 0 Å². The molecule has 0 aromatic heterocycles. The van der Waals surface area contributed by atoms with E-state index in [-0.39, 0.29) is 15.5 Å². The van der Waals surface area contributed by atoms with Crippen LogP contribution >= 0.6 is 11.6 Å². The van der Waals surface area contributed by atoms with Crippen LogP contribution in [0.15, 0.2) is 53.4 Å². The molecule has 0 saturated carbocycles.